The van der Waals surface area contributed by atoms with Crippen LogP contribution in [0.3, 0.4) is 0 Å². The predicted octanol–water partition coefficient (Wildman–Crippen LogP) is 3.58. The van der Waals surface area contributed by atoms with Crippen LogP contribution < -0.4 is 0 Å². The molecule has 0 N–H and O–H groups in total. The molecule has 1 aromatic carbocycles. The number of benzene rings is 1. The minimum atomic E-state index is -1.68. The summed E-state index contributed by atoms with van der Waals surface area (Å²) in [6.45, 7) is 2.46. The van der Waals surface area contributed by atoms with E-state index in [2.05, 4.69) is 0 Å². The lowest BCUT2D eigenvalue weighted by Gasteiger charge is -2.34. The lowest BCUT2D eigenvalue weighted by Crippen LogP contribution is -2.36. The van der Waals surface area contributed by atoms with Gasteiger partial charge in [-0.05, 0) is 38.2 Å². The van der Waals surface area contributed by atoms with E-state index in [0.717, 1.165) is 18.4 Å². The van der Waals surface area contributed by atoms with Gasteiger partial charge >= 0.3 is 11.9 Å². The highest BCUT2D eigenvalue weighted by atomic mass is 35.5. The van der Waals surface area contributed by atoms with E-state index in [4.69, 9.17) is 25.8 Å². The van der Waals surface area contributed by atoms with Gasteiger partial charge in [0.1, 0.15) is 0 Å². The van der Waals surface area contributed by atoms with Crippen molar-refractivity contribution in [1.29, 1.82) is 0 Å². The van der Waals surface area contributed by atoms with Crippen LogP contribution in [0, 0.1) is 5.41 Å². The van der Waals surface area contributed by atoms with Crippen molar-refractivity contribution in [2.24, 2.45) is 5.41 Å². The number of halogens is 1. The molecule has 1 atom stereocenters. The Kier molecular flexibility index (Phi) is 5.35. The van der Waals surface area contributed by atoms with Crippen molar-refractivity contribution in [2.45, 2.75) is 56.8 Å². The Hall–Kier alpha value is -1.59. The van der Waals surface area contributed by atoms with E-state index >= 15 is 0 Å². The van der Waals surface area contributed by atoms with E-state index < -0.39 is 22.4 Å². The second-order valence-electron chi connectivity index (χ2n) is 6.79. The van der Waals surface area contributed by atoms with Crippen molar-refractivity contribution in [1.82, 2.24) is 0 Å². The predicted molar refractivity (Wildman–Crippen MR) is 91.8 cm³/mol. The Morgan fingerprint density at radius 3 is 2.60 bits per heavy atom. The Balaban J connectivity index is 1.56. The molecule has 136 valence electrons. The molecular formula is C19H23ClO5. The summed E-state index contributed by atoms with van der Waals surface area (Å²) in [6.07, 6.45) is 2.99. The number of hydrogen-bond donors (Lipinski definition) is 0. The van der Waals surface area contributed by atoms with Gasteiger partial charge in [-0.15, -0.1) is 0 Å². The molecule has 1 unspecified atom stereocenters. The van der Waals surface area contributed by atoms with Crippen molar-refractivity contribution < 1.29 is 23.8 Å². The normalized spacial score (nSPS) is 31.8. The summed E-state index contributed by atoms with van der Waals surface area (Å²) in [5, 5.41) is -1.68. The molecule has 1 spiro atoms. The van der Waals surface area contributed by atoms with Crippen LogP contribution in [0.15, 0.2) is 30.3 Å². The van der Waals surface area contributed by atoms with E-state index in [0.29, 0.717) is 19.4 Å². The number of rotatable bonds is 5. The third-order valence-corrected chi connectivity index (χ3v) is 5.42. The highest BCUT2D eigenvalue weighted by Gasteiger charge is 2.61. The van der Waals surface area contributed by atoms with Crippen LogP contribution in [0.4, 0.5) is 0 Å². The van der Waals surface area contributed by atoms with Crippen LogP contribution in [0.2, 0.25) is 0 Å². The van der Waals surface area contributed by atoms with Gasteiger partial charge in [0.25, 0.3) is 5.06 Å². The average molecular weight is 367 g/mol. The Labute approximate surface area is 152 Å². The fourth-order valence-corrected chi connectivity index (χ4v) is 4.01. The van der Waals surface area contributed by atoms with Crippen LogP contribution in [0.1, 0.15) is 44.6 Å². The van der Waals surface area contributed by atoms with E-state index in [9.17, 15) is 9.59 Å². The molecule has 6 heteroatoms. The van der Waals surface area contributed by atoms with E-state index in [1.54, 1.807) is 6.92 Å². The standard InChI is InChI=1S/C19H23ClO5/c1-2-23-17(22)19(20)13-18(16(21)25-19)10-8-15(9-11-18)24-12-14-6-4-3-5-7-14/h3-7,15H,2,8-13H2,1H3. The van der Waals surface area contributed by atoms with Crippen molar-refractivity contribution in [2.75, 3.05) is 6.61 Å². The molecule has 5 nitrogen and oxygen atoms in total. The molecular weight excluding hydrogens is 344 g/mol. The van der Waals surface area contributed by atoms with Gasteiger partial charge in [0.15, 0.2) is 0 Å². The summed E-state index contributed by atoms with van der Waals surface area (Å²) in [4.78, 5) is 24.4. The van der Waals surface area contributed by atoms with Gasteiger partial charge in [0.05, 0.1) is 24.7 Å². The highest BCUT2D eigenvalue weighted by Crippen LogP contribution is 2.52. The van der Waals surface area contributed by atoms with Crippen molar-refractivity contribution in [3.05, 3.63) is 35.9 Å². The summed E-state index contributed by atoms with van der Waals surface area (Å²) in [7, 11) is 0. The first-order chi connectivity index (χ1) is 12.0. The maximum absolute atomic E-state index is 12.4. The monoisotopic (exact) mass is 366 g/mol. The summed E-state index contributed by atoms with van der Waals surface area (Å²) in [5.74, 6) is -1.07. The molecule has 0 bridgehead atoms. The molecule has 2 aliphatic rings. The molecule has 2 fully saturated rings. The topological polar surface area (TPSA) is 61.8 Å². The number of carbonyl (C=O) groups is 2. The number of cyclic esters (lactones) is 1. The lowest BCUT2D eigenvalue weighted by atomic mass is 9.71. The van der Waals surface area contributed by atoms with Crippen LogP contribution >= 0.6 is 11.6 Å². The summed E-state index contributed by atoms with van der Waals surface area (Å²) < 4.78 is 16.1. The third-order valence-electron chi connectivity index (χ3n) is 5.05. The molecule has 1 aliphatic heterocycles. The lowest BCUT2D eigenvalue weighted by molar-refractivity contribution is -0.167. The molecule has 0 aromatic heterocycles. The van der Waals surface area contributed by atoms with Gasteiger partial charge in [-0.2, -0.15) is 0 Å². The van der Waals surface area contributed by atoms with Gasteiger partial charge in [0.2, 0.25) is 0 Å². The second kappa shape index (κ2) is 7.34. The zero-order valence-corrected chi connectivity index (χ0v) is 15.1. The first-order valence-electron chi connectivity index (χ1n) is 8.72. The van der Waals surface area contributed by atoms with Gasteiger partial charge < -0.3 is 14.2 Å². The largest absolute Gasteiger partial charge is 0.462 e. The quantitative estimate of drug-likeness (QED) is 0.588. The molecule has 1 heterocycles. The molecule has 1 aliphatic carbocycles. The Morgan fingerprint density at radius 2 is 1.96 bits per heavy atom. The van der Waals surface area contributed by atoms with E-state index in [1.165, 1.54) is 0 Å². The zero-order valence-electron chi connectivity index (χ0n) is 14.3. The number of alkyl halides is 1. The fourth-order valence-electron chi connectivity index (χ4n) is 3.63. The van der Waals surface area contributed by atoms with Gasteiger partial charge in [0, 0.05) is 6.42 Å². The van der Waals surface area contributed by atoms with Gasteiger partial charge in [-0.1, -0.05) is 41.9 Å². The first kappa shape index (κ1) is 18.2. The fraction of sp³-hybridized carbons (Fsp3) is 0.579. The number of hydrogen-bond acceptors (Lipinski definition) is 5. The number of esters is 2. The van der Waals surface area contributed by atoms with Gasteiger partial charge in [-0.3, -0.25) is 4.79 Å². The molecule has 3 rings (SSSR count). The average Bonchev–Trinajstić information content (AvgIpc) is 2.87. The van der Waals surface area contributed by atoms with Crippen molar-refractivity contribution in [3.63, 3.8) is 0 Å². The molecule has 1 saturated heterocycles. The summed E-state index contributed by atoms with van der Waals surface area (Å²) >= 11 is 6.25. The SMILES string of the molecule is CCOC(=O)C1(Cl)CC2(CCC(OCc3ccccc3)CC2)C(=O)O1. The minimum absolute atomic E-state index is 0.103. The van der Waals surface area contributed by atoms with Crippen LogP contribution in [-0.2, 0) is 30.4 Å². The first-order valence-corrected chi connectivity index (χ1v) is 9.10. The maximum atomic E-state index is 12.4. The molecule has 1 aromatic rings. The van der Waals surface area contributed by atoms with E-state index in [1.807, 2.05) is 30.3 Å². The Bertz CT molecular complexity index is 624. The van der Waals surface area contributed by atoms with Crippen LogP contribution in [-0.4, -0.2) is 29.7 Å². The van der Waals surface area contributed by atoms with E-state index in [-0.39, 0.29) is 19.1 Å². The third kappa shape index (κ3) is 3.82. The van der Waals surface area contributed by atoms with Gasteiger partial charge in [-0.25, -0.2) is 4.79 Å². The van der Waals surface area contributed by atoms with Crippen molar-refractivity contribution >= 4 is 23.5 Å². The number of carbonyl (C=O) groups excluding carboxylic acids is 2. The number of ether oxygens (including phenoxy) is 3. The molecule has 1 saturated carbocycles. The summed E-state index contributed by atoms with van der Waals surface area (Å²) in [6, 6.07) is 10.00. The zero-order chi connectivity index (χ0) is 17.9. The molecule has 0 amide bonds. The summed E-state index contributed by atoms with van der Waals surface area (Å²) in [5.41, 5.74) is 0.436. The smallest absolute Gasteiger partial charge is 0.366 e. The second-order valence-corrected chi connectivity index (χ2v) is 7.40. The highest BCUT2D eigenvalue weighted by molar-refractivity contribution is 6.34. The Morgan fingerprint density at radius 1 is 1.28 bits per heavy atom. The molecule has 0 radical (unpaired) electrons. The minimum Gasteiger partial charge on any atom is -0.462 e. The van der Waals surface area contributed by atoms with Crippen LogP contribution in [0.25, 0.3) is 0 Å². The van der Waals surface area contributed by atoms with Crippen molar-refractivity contribution in [3.8, 4) is 0 Å². The maximum Gasteiger partial charge on any atom is 0.366 e. The molecule has 25 heavy (non-hydrogen) atoms. The van der Waals surface area contributed by atoms with Crippen LogP contribution in [0.5, 0.6) is 0 Å².